The fourth-order valence-electron chi connectivity index (χ4n) is 5.47. The molecule has 1 saturated carbocycles. The second-order valence-corrected chi connectivity index (χ2v) is 9.50. The first-order chi connectivity index (χ1) is 11.9. The van der Waals surface area contributed by atoms with Gasteiger partial charge < -0.3 is 0 Å². The van der Waals surface area contributed by atoms with E-state index in [1.54, 1.807) is 0 Å². The van der Waals surface area contributed by atoms with Crippen LogP contribution < -0.4 is 0 Å². The van der Waals surface area contributed by atoms with E-state index in [0.29, 0.717) is 17.6 Å². The number of hydrogen-bond acceptors (Lipinski definition) is 1. The number of allylic oxidation sites excluding steroid dienone is 2. The van der Waals surface area contributed by atoms with Crippen LogP contribution in [0.4, 0.5) is 0 Å². The van der Waals surface area contributed by atoms with E-state index < -0.39 is 0 Å². The lowest BCUT2D eigenvalue weighted by atomic mass is 9.63. The molecule has 128 valence electrons. The molecule has 2 aromatic carbocycles. The van der Waals surface area contributed by atoms with Gasteiger partial charge in [-0.05, 0) is 70.9 Å². The maximum absolute atomic E-state index is 13.5. The summed E-state index contributed by atoms with van der Waals surface area (Å²) in [5.74, 6) is 1.55. The van der Waals surface area contributed by atoms with E-state index in [2.05, 4.69) is 63.3 Å². The van der Waals surface area contributed by atoms with Crippen LogP contribution in [0.3, 0.4) is 0 Å². The lowest BCUT2D eigenvalue weighted by Crippen LogP contribution is -2.39. The van der Waals surface area contributed by atoms with E-state index in [1.807, 2.05) is 0 Å². The van der Waals surface area contributed by atoms with Crippen LogP contribution in [0.5, 0.6) is 0 Å². The van der Waals surface area contributed by atoms with Gasteiger partial charge in [-0.2, -0.15) is 0 Å². The molecule has 5 rings (SSSR count). The zero-order valence-corrected chi connectivity index (χ0v) is 15.4. The number of Topliss-reactive ketones (excluding diaryl/α,β-unsaturated/α-hetero) is 1. The highest BCUT2D eigenvalue weighted by molar-refractivity contribution is 6.06. The molecule has 3 unspecified atom stereocenters. The van der Waals surface area contributed by atoms with Crippen molar-refractivity contribution in [3.8, 4) is 0 Å². The summed E-state index contributed by atoms with van der Waals surface area (Å²) < 4.78 is 0. The van der Waals surface area contributed by atoms with Crippen molar-refractivity contribution in [2.75, 3.05) is 0 Å². The first-order valence-corrected chi connectivity index (χ1v) is 9.67. The van der Waals surface area contributed by atoms with Crippen LogP contribution in [-0.4, -0.2) is 5.78 Å². The molecule has 3 aliphatic carbocycles. The Morgan fingerprint density at radius 2 is 1.88 bits per heavy atom. The highest BCUT2D eigenvalue weighted by atomic mass is 16.1. The summed E-state index contributed by atoms with van der Waals surface area (Å²) in [6.07, 6.45) is 9.03. The molecule has 3 atom stereocenters. The molecule has 1 spiro atoms. The van der Waals surface area contributed by atoms with Crippen LogP contribution in [-0.2, 0) is 11.8 Å². The van der Waals surface area contributed by atoms with E-state index in [0.717, 1.165) is 24.8 Å². The average molecular weight is 330 g/mol. The monoisotopic (exact) mass is 330 g/mol. The van der Waals surface area contributed by atoms with E-state index in [-0.39, 0.29) is 10.8 Å². The number of fused-ring (bicyclic) bond motifs is 5. The van der Waals surface area contributed by atoms with Gasteiger partial charge >= 0.3 is 0 Å². The number of aryl methyl sites for hydroxylation is 1. The van der Waals surface area contributed by atoms with Gasteiger partial charge in [0.2, 0.25) is 0 Å². The molecule has 1 nitrogen and oxygen atoms in total. The summed E-state index contributed by atoms with van der Waals surface area (Å²) in [5, 5.41) is 2.48. The van der Waals surface area contributed by atoms with Crippen LogP contribution in [0.2, 0.25) is 0 Å². The van der Waals surface area contributed by atoms with Crippen molar-refractivity contribution in [1.29, 1.82) is 0 Å². The summed E-state index contributed by atoms with van der Waals surface area (Å²) in [6, 6.07) is 11.2. The van der Waals surface area contributed by atoms with Gasteiger partial charge in [-0.15, -0.1) is 0 Å². The molecule has 0 aromatic heterocycles. The molecule has 0 amide bonds. The van der Waals surface area contributed by atoms with E-state index in [1.165, 1.54) is 28.3 Å². The Bertz CT molecular complexity index is 927. The van der Waals surface area contributed by atoms with Gasteiger partial charge in [0.25, 0.3) is 0 Å². The third kappa shape index (κ3) is 2.11. The highest BCUT2D eigenvalue weighted by Crippen LogP contribution is 2.57. The fraction of sp³-hybridized carbons (Fsp3) is 0.458. The number of carbonyl (C=O) groups excluding carboxylic acids is 1. The number of carbonyl (C=O) groups is 1. The zero-order chi connectivity index (χ0) is 17.4. The van der Waals surface area contributed by atoms with Crippen LogP contribution in [0.15, 0.2) is 42.5 Å². The number of benzene rings is 2. The molecule has 0 N–H and O–H groups in total. The third-order valence-electron chi connectivity index (χ3n) is 6.97. The Kier molecular flexibility index (Phi) is 2.98. The lowest BCUT2D eigenvalue weighted by molar-refractivity contribution is 0.0703. The minimum absolute atomic E-state index is 0.0918. The van der Waals surface area contributed by atoms with Gasteiger partial charge in [-0.1, -0.05) is 57.2 Å². The molecular weight excluding hydrogens is 304 g/mol. The summed E-state index contributed by atoms with van der Waals surface area (Å²) >= 11 is 0. The van der Waals surface area contributed by atoms with Gasteiger partial charge in [0.15, 0.2) is 5.78 Å². The normalized spacial score (nSPS) is 30.4. The number of hydrogen-bond donors (Lipinski definition) is 0. The Morgan fingerprint density at radius 1 is 1.04 bits per heavy atom. The third-order valence-corrected chi connectivity index (χ3v) is 6.97. The highest BCUT2D eigenvalue weighted by Gasteiger charge is 2.54. The maximum atomic E-state index is 13.5. The van der Waals surface area contributed by atoms with Crippen molar-refractivity contribution in [3.05, 3.63) is 59.2 Å². The van der Waals surface area contributed by atoms with Crippen molar-refractivity contribution >= 4 is 16.6 Å². The van der Waals surface area contributed by atoms with E-state index in [9.17, 15) is 4.79 Å². The number of ketones is 1. The zero-order valence-electron chi connectivity index (χ0n) is 15.4. The SMILES string of the molecule is CC(C)(C)c1ccc2cc3c(cc2c1)CCC1(CC2C=CC1C2)C3=O. The molecule has 25 heavy (non-hydrogen) atoms. The molecule has 0 heterocycles. The smallest absolute Gasteiger partial charge is 0.169 e. The largest absolute Gasteiger partial charge is 0.294 e. The summed E-state index contributed by atoms with van der Waals surface area (Å²) in [4.78, 5) is 13.5. The molecule has 0 aliphatic heterocycles. The van der Waals surface area contributed by atoms with Crippen molar-refractivity contribution in [3.63, 3.8) is 0 Å². The first kappa shape index (κ1) is 15.4. The fourth-order valence-corrected chi connectivity index (χ4v) is 5.47. The average Bonchev–Trinajstić information content (AvgIpc) is 3.17. The first-order valence-electron chi connectivity index (χ1n) is 9.67. The maximum Gasteiger partial charge on any atom is 0.169 e. The van der Waals surface area contributed by atoms with E-state index >= 15 is 0 Å². The van der Waals surface area contributed by atoms with Crippen molar-refractivity contribution in [1.82, 2.24) is 0 Å². The van der Waals surface area contributed by atoms with Crippen LogP contribution >= 0.6 is 0 Å². The van der Waals surface area contributed by atoms with Crippen molar-refractivity contribution < 1.29 is 4.79 Å². The van der Waals surface area contributed by atoms with Gasteiger partial charge in [0.05, 0.1) is 0 Å². The standard InChI is InChI=1S/C24H26O/c1-23(2,3)19-7-5-16-13-21-17(11-18(16)12-19)8-9-24(22(21)25)14-15-4-6-20(24)10-15/h4-7,11-13,15,20H,8-10,14H2,1-3H3. The molecular formula is C24H26O. The van der Waals surface area contributed by atoms with Gasteiger partial charge in [0, 0.05) is 11.0 Å². The minimum atomic E-state index is -0.0918. The van der Waals surface area contributed by atoms with Gasteiger partial charge in [-0.3, -0.25) is 4.79 Å². The minimum Gasteiger partial charge on any atom is -0.294 e. The Balaban J connectivity index is 1.62. The Labute approximate surface area is 150 Å². The summed E-state index contributed by atoms with van der Waals surface area (Å²) in [5.41, 5.74) is 3.69. The Hall–Kier alpha value is -1.89. The molecule has 0 radical (unpaired) electrons. The summed E-state index contributed by atoms with van der Waals surface area (Å²) in [6.45, 7) is 6.76. The second kappa shape index (κ2) is 4.84. The van der Waals surface area contributed by atoms with Crippen molar-refractivity contribution in [2.24, 2.45) is 17.3 Å². The van der Waals surface area contributed by atoms with Crippen LogP contribution in [0, 0.1) is 17.3 Å². The summed E-state index contributed by atoms with van der Waals surface area (Å²) in [7, 11) is 0. The quantitative estimate of drug-likeness (QED) is 0.554. The van der Waals surface area contributed by atoms with Crippen molar-refractivity contribution in [2.45, 2.75) is 51.9 Å². The molecule has 1 heteroatoms. The lowest BCUT2D eigenvalue weighted by Gasteiger charge is -2.38. The van der Waals surface area contributed by atoms with Gasteiger partial charge in [0.1, 0.15) is 0 Å². The second-order valence-electron chi connectivity index (χ2n) is 9.50. The van der Waals surface area contributed by atoms with Crippen LogP contribution in [0.1, 0.15) is 61.5 Å². The molecule has 0 saturated heterocycles. The van der Waals surface area contributed by atoms with Crippen LogP contribution in [0.25, 0.3) is 10.8 Å². The molecule has 2 aromatic rings. The Morgan fingerprint density at radius 3 is 2.56 bits per heavy atom. The predicted octanol–water partition coefficient (Wildman–Crippen LogP) is 5.85. The molecule has 2 bridgehead atoms. The topological polar surface area (TPSA) is 17.1 Å². The number of rotatable bonds is 0. The molecule has 1 fully saturated rings. The van der Waals surface area contributed by atoms with Gasteiger partial charge in [-0.25, -0.2) is 0 Å². The van der Waals surface area contributed by atoms with E-state index in [4.69, 9.17) is 0 Å². The predicted molar refractivity (Wildman–Crippen MR) is 103 cm³/mol. The molecule has 3 aliphatic rings.